The monoisotopic (exact) mass is 993 g/mol. The predicted molar refractivity (Wildman–Crippen MR) is 249 cm³/mol. The Morgan fingerprint density at radius 2 is 1.13 bits per heavy atom. The van der Waals surface area contributed by atoms with E-state index in [-0.39, 0.29) is 104 Å². The van der Waals surface area contributed by atoms with Gasteiger partial charge in [0.2, 0.25) is 0 Å². The Morgan fingerprint density at radius 1 is 0.629 bits per heavy atom. The molecule has 0 radical (unpaired) electrons. The van der Waals surface area contributed by atoms with Crippen LogP contribution in [0.25, 0.3) is 0 Å². The van der Waals surface area contributed by atoms with Gasteiger partial charge in [-0.3, -0.25) is 43.2 Å². The minimum atomic E-state index is -0.834. The first kappa shape index (κ1) is 57.8. The SMILES string of the molecule is CCC(C)(C)C(=O)OCCC(=O)OC1(C)CCC2CC1(C)OC2=O.CCC(C)(C)C(=O)OCCC(=O)OC1CC2CCC1(C)OC2=O.CCC(C)C(=O)OCCC(=O)OC1C(C)CC2CC1(C)OC2=O. The summed E-state index contributed by atoms with van der Waals surface area (Å²) in [5.74, 6) is -3.26. The van der Waals surface area contributed by atoms with Gasteiger partial charge in [0.05, 0.1) is 53.8 Å². The smallest absolute Gasteiger partial charge is 0.311 e. The summed E-state index contributed by atoms with van der Waals surface area (Å²) in [7, 11) is 0. The van der Waals surface area contributed by atoms with Gasteiger partial charge >= 0.3 is 53.7 Å². The summed E-state index contributed by atoms with van der Waals surface area (Å²) in [6.07, 6.45) is 6.32. The van der Waals surface area contributed by atoms with Crippen molar-refractivity contribution in [2.24, 2.45) is 40.4 Å². The molecule has 4 aliphatic heterocycles. The highest BCUT2D eigenvalue weighted by atomic mass is 16.6. The summed E-state index contributed by atoms with van der Waals surface area (Å²) in [5.41, 5.74) is -4.16. The van der Waals surface area contributed by atoms with Gasteiger partial charge in [0.25, 0.3) is 0 Å². The molecule has 7 aliphatic rings. The summed E-state index contributed by atoms with van der Waals surface area (Å²) < 4.78 is 48.3. The number of fused-ring (bicyclic) bond motifs is 7. The second-order valence-electron chi connectivity index (χ2n) is 22.2. The molecule has 7 fully saturated rings. The molecular formula is C52H80O18. The zero-order valence-electron chi connectivity index (χ0n) is 43.9. The highest BCUT2D eigenvalue weighted by Crippen LogP contribution is 2.50. The fourth-order valence-corrected chi connectivity index (χ4v) is 9.48. The van der Waals surface area contributed by atoms with Crippen LogP contribution in [0, 0.1) is 40.4 Å². The molecule has 0 aromatic heterocycles. The summed E-state index contributed by atoms with van der Waals surface area (Å²) in [6.45, 7) is 24.0. The molecule has 0 aromatic carbocycles. The molecule has 0 aromatic rings. The number of hydrogen-bond donors (Lipinski definition) is 0. The minimum Gasteiger partial charge on any atom is -0.465 e. The Balaban J connectivity index is 0.000000228. The van der Waals surface area contributed by atoms with Crippen molar-refractivity contribution in [3.8, 4) is 0 Å². The zero-order chi connectivity index (χ0) is 52.6. The molecule has 11 unspecified atom stereocenters. The Hall–Kier alpha value is -4.77. The van der Waals surface area contributed by atoms with Gasteiger partial charge in [-0.25, -0.2) is 0 Å². The van der Waals surface area contributed by atoms with Gasteiger partial charge in [-0.05, 0) is 113 Å². The second kappa shape index (κ2) is 23.2. The van der Waals surface area contributed by atoms with Crippen molar-refractivity contribution in [1.82, 2.24) is 0 Å². The van der Waals surface area contributed by atoms with E-state index in [9.17, 15) is 43.2 Å². The molecule has 3 aliphatic carbocycles. The van der Waals surface area contributed by atoms with Gasteiger partial charge in [0, 0.05) is 19.3 Å². The van der Waals surface area contributed by atoms with Gasteiger partial charge < -0.3 is 42.6 Å². The van der Waals surface area contributed by atoms with E-state index in [0.717, 1.165) is 6.42 Å². The minimum absolute atomic E-state index is 0.00367. The Labute approximate surface area is 413 Å². The van der Waals surface area contributed by atoms with E-state index >= 15 is 0 Å². The molecule has 0 N–H and O–H groups in total. The van der Waals surface area contributed by atoms with Crippen LogP contribution in [0.5, 0.6) is 0 Å². The normalized spacial score (nSPS) is 31.9. The lowest BCUT2D eigenvalue weighted by Gasteiger charge is -2.47. The van der Waals surface area contributed by atoms with Crippen LogP contribution >= 0.6 is 0 Å². The topological polar surface area (TPSA) is 237 Å². The lowest BCUT2D eigenvalue weighted by molar-refractivity contribution is -0.218. The van der Waals surface area contributed by atoms with E-state index < -0.39 is 63.4 Å². The molecule has 4 saturated heterocycles. The molecular weight excluding hydrogens is 913 g/mol. The van der Waals surface area contributed by atoms with E-state index in [0.29, 0.717) is 64.2 Å². The van der Waals surface area contributed by atoms with Crippen molar-refractivity contribution in [3.05, 3.63) is 0 Å². The van der Waals surface area contributed by atoms with Gasteiger partial charge in [0.1, 0.15) is 54.4 Å². The number of hydrogen-bond acceptors (Lipinski definition) is 18. The Morgan fingerprint density at radius 3 is 1.67 bits per heavy atom. The van der Waals surface area contributed by atoms with Crippen molar-refractivity contribution in [2.45, 2.75) is 215 Å². The molecule has 11 atom stereocenters. The maximum atomic E-state index is 12.2. The van der Waals surface area contributed by atoms with E-state index in [4.69, 9.17) is 42.6 Å². The molecule has 0 spiro atoms. The van der Waals surface area contributed by atoms with Crippen LogP contribution in [0.2, 0.25) is 0 Å². The van der Waals surface area contributed by atoms with Gasteiger partial charge in [0.15, 0.2) is 0 Å². The van der Waals surface area contributed by atoms with Crippen LogP contribution in [-0.2, 0) is 85.8 Å². The first-order valence-corrected chi connectivity index (χ1v) is 25.3. The molecule has 70 heavy (non-hydrogen) atoms. The molecule has 0 amide bonds. The maximum Gasteiger partial charge on any atom is 0.311 e. The second-order valence-corrected chi connectivity index (χ2v) is 22.2. The standard InChI is InChI=1S/C18H28O6.2C17H26O6/c1-6-16(2,3)15(21)22-10-8-13(19)23-17(4)9-7-12-11-18(17,5)24-14(12)20;1-5-16(2,3)15(20)21-9-7-13(18)22-12-10-11-6-8-17(12,4)23-14(11)19;1-5-10(2)15(19)21-7-6-13(18)22-14-11(3)8-12-9-17(14,4)23-16(12)20/h12H,6-11H2,1-5H3;11-12H,5-10H2,1-4H3;10-12,14H,5-9H2,1-4H3. The average molecular weight is 993 g/mol. The van der Waals surface area contributed by atoms with Gasteiger partial charge in [-0.15, -0.1) is 0 Å². The predicted octanol–water partition coefficient (Wildman–Crippen LogP) is 7.40. The molecule has 7 rings (SSSR count). The number of carbonyl (C=O) groups is 9. The summed E-state index contributed by atoms with van der Waals surface area (Å²) in [4.78, 5) is 107. The van der Waals surface area contributed by atoms with E-state index in [1.54, 1.807) is 6.92 Å². The van der Waals surface area contributed by atoms with Crippen molar-refractivity contribution < 1.29 is 85.8 Å². The number of ether oxygens (including phenoxy) is 9. The molecule has 4 heterocycles. The Kier molecular flexibility index (Phi) is 19.2. The summed E-state index contributed by atoms with van der Waals surface area (Å²) in [5, 5.41) is 0. The molecule has 396 valence electrons. The number of rotatable bonds is 18. The summed E-state index contributed by atoms with van der Waals surface area (Å²) in [6, 6.07) is 0. The molecule has 18 heteroatoms. The summed E-state index contributed by atoms with van der Waals surface area (Å²) >= 11 is 0. The first-order valence-electron chi connectivity index (χ1n) is 25.3. The van der Waals surface area contributed by atoms with Crippen molar-refractivity contribution in [3.63, 3.8) is 0 Å². The largest absolute Gasteiger partial charge is 0.465 e. The van der Waals surface area contributed by atoms with Gasteiger partial charge in [-0.1, -0.05) is 34.6 Å². The Bertz CT molecular complexity index is 1960. The molecule has 3 saturated carbocycles. The third kappa shape index (κ3) is 14.0. The lowest BCUT2D eigenvalue weighted by Crippen LogP contribution is -2.57. The fraction of sp³-hybridized carbons (Fsp3) is 0.827. The van der Waals surface area contributed by atoms with E-state index in [2.05, 4.69) is 0 Å². The third-order valence-electron chi connectivity index (χ3n) is 15.7. The van der Waals surface area contributed by atoms with Crippen molar-refractivity contribution in [2.75, 3.05) is 19.8 Å². The average Bonchev–Trinajstić information content (AvgIpc) is 3.71. The zero-order valence-corrected chi connectivity index (χ0v) is 43.9. The maximum absolute atomic E-state index is 12.2. The van der Waals surface area contributed by atoms with Crippen molar-refractivity contribution >= 4 is 53.7 Å². The first-order chi connectivity index (χ1) is 32.5. The number of carbonyl (C=O) groups excluding carboxylic acids is 9. The number of esters is 9. The van der Waals surface area contributed by atoms with Crippen molar-refractivity contribution in [1.29, 1.82) is 0 Å². The van der Waals surface area contributed by atoms with Gasteiger partial charge in [-0.2, -0.15) is 0 Å². The molecule has 6 bridgehead atoms. The van der Waals surface area contributed by atoms with E-state index in [1.165, 1.54) is 0 Å². The highest BCUT2D eigenvalue weighted by molar-refractivity contribution is 5.79. The third-order valence-corrected chi connectivity index (χ3v) is 15.7. The van der Waals surface area contributed by atoms with E-state index in [1.807, 2.05) is 83.1 Å². The van der Waals surface area contributed by atoms with Crippen LogP contribution in [0.3, 0.4) is 0 Å². The highest BCUT2D eigenvalue weighted by Gasteiger charge is 2.61. The lowest BCUT2D eigenvalue weighted by atomic mass is 9.71. The quantitative estimate of drug-likeness (QED) is 0.0960. The van der Waals surface area contributed by atoms with Crippen LogP contribution in [0.4, 0.5) is 0 Å². The molecule has 18 nitrogen and oxygen atoms in total. The van der Waals surface area contributed by atoms with Crippen LogP contribution in [-0.4, -0.2) is 108 Å². The van der Waals surface area contributed by atoms with Crippen LogP contribution in [0.1, 0.15) is 180 Å². The van der Waals surface area contributed by atoms with Crippen LogP contribution < -0.4 is 0 Å². The van der Waals surface area contributed by atoms with Crippen LogP contribution in [0.15, 0.2) is 0 Å². The fourth-order valence-electron chi connectivity index (χ4n) is 9.48.